The van der Waals surface area contributed by atoms with Crippen molar-refractivity contribution >= 4 is 33.7 Å². The summed E-state index contributed by atoms with van der Waals surface area (Å²) in [6.07, 6.45) is 2.68. The molecule has 3 rings (SSSR count). The van der Waals surface area contributed by atoms with Crippen molar-refractivity contribution in [2.45, 2.75) is 88.9 Å². The number of carbonyl (C=O) groups is 3. The summed E-state index contributed by atoms with van der Waals surface area (Å²) in [4.78, 5) is 44.4. The second-order valence-electron chi connectivity index (χ2n) is 11.8. The van der Waals surface area contributed by atoms with E-state index in [1.54, 1.807) is 22.8 Å². The minimum Gasteiger partial charge on any atom is -0.466 e. The average Bonchev–Trinajstić information content (AvgIpc) is 3.32. The second kappa shape index (κ2) is 10.1. The molecule has 0 radical (unpaired) electrons. The van der Waals surface area contributed by atoms with Gasteiger partial charge in [-0.2, -0.15) is 0 Å². The molecule has 3 saturated heterocycles. The molecule has 1 spiro atoms. The van der Waals surface area contributed by atoms with Crippen molar-refractivity contribution in [2.75, 3.05) is 26.3 Å². The zero-order valence-corrected chi connectivity index (χ0v) is 23.5. The number of esters is 1. The Labute approximate surface area is 217 Å². The molecule has 0 aromatic rings. The molecule has 6 atom stereocenters. The lowest BCUT2D eigenvalue weighted by molar-refractivity contribution is -0.155. The lowest BCUT2D eigenvalue weighted by Crippen LogP contribution is -2.61. The molecule has 8 nitrogen and oxygen atoms in total. The van der Waals surface area contributed by atoms with Gasteiger partial charge in [-0.3, -0.25) is 14.4 Å². The Hall–Kier alpha value is -1.45. The molecule has 3 aliphatic rings. The first-order valence-corrected chi connectivity index (χ1v) is 13.5. The summed E-state index contributed by atoms with van der Waals surface area (Å²) in [6.45, 7) is 16.7. The third-order valence-electron chi connectivity index (χ3n) is 7.41. The van der Waals surface area contributed by atoms with Gasteiger partial charge in [0.2, 0.25) is 11.8 Å². The van der Waals surface area contributed by atoms with E-state index in [2.05, 4.69) is 43.3 Å². The van der Waals surface area contributed by atoms with Gasteiger partial charge < -0.3 is 24.4 Å². The maximum Gasteiger partial charge on any atom is 0.312 e. The lowest BCUT2D eigenvalue weighted by atomic mass is 9.70. The average molecular weight is 558 g/mol. The van der Waals surface area contributed by atoms with Gasteiger partial charge >= 0.3 is 5.97 Å². The monoisotopic (exact) mass is 556 g/mol. The fraction of sp³-hybridized carbons (Fsp3) is 0.808. The number of fused-ring (bicyclic) bond motifs is 1. The fourth-order valence-corrected chi connectivity index (χ4v) is 7.65. The van der Waals surface area contributed by atoms with Crippen molar-refractivity contribution < 1.29 is 29.0 Å². The number of halogens is 1. The zero-order chi connectivity index (χ0) is 26.3. The smallest absolute Gasteiger partial charge is 0.312 e. The van der Waals surface area contributed by atoms with Gasteiger partial charge in [-0.15, -0.1) is 6.58 Å². The van der Waals surface area contributed by atoms with Crippen LogP contribution < -0.4 is 0 Å². The maximum absolute atomic E-state index is 14.4. The van der Waals surface area contributed by atoms with Crippen LogP contribution in [0.15, 0.2) is 12.7 Å². The van der Waals surface area contributed by atoms with Crippen molar-refractivity contribution in [2.24, 2.45) is 17.3 Å². The molecule has 0 aromatic carbocycles. The molecule has 0 aromatic heterocycles. The molecule has 1 N–H and O–H groups in total. The second-order valence-corrected chi connectivity index (χ2v) is 13.0. The fourth-order valence-electron chi connectivity index (χ4n) is 6.70. The largest absolute Gasteiger partial charge is 0.466 e. The van der Waals surface area contributed by atoms with Crippen molar-refractivity contribution in [1.82, 2.24) is 9.80 Å². The Morgan fingerprint density at radius 2 is 2.00 bits per heavy atom. The first-order chi connectivity index (χ1) is 16.3. The Morgan fingerprint density at radius 1 is 1.34 bits per heavy atom. The van der Waals surface area contributed by atoms with Gasteiger partial charge in [-0.25, -0.2) is 0 Å². The van der Waals surface area contributed by atoms with Crippen LogP contribution in [0.5, 0.6) is 0 Å². The predicted molar refractivity (Wildman–Crippen MR) is 136 cm³/mol. The first kappa shape index (κ1) is 28.1. The minimum atomic E-state index is -1.13. The first-order valence-electron chi connectivity index (χ1n) is 12.6. The van der Waals surface area contributed by atoms with Crippen LogP contribution in [0, 0.1) is 17.3 Å². The van der Waals surface area contributed by atoms with Gasteiger partial charge in [0.25, 0.3) is 0 Å². The van der Waals surface area contributed by atoms with E-state index < -0.39 is 41.1 Å². The van der Waals surface area contributed by atoms with Gasteiger partial charge in [-0.05, 0) is 45.4 Å². The van der Waals surface area contributed by atoms with Crippen LogP contribution >= 0.6 is 15.9 Å². The van der Waals surface area contributed by atoms with Crippen molar-refractivity contribution in [3.05, 3.63) is 12.7 Å². The van der Waals surface area contributed by atoms with Crippen LogP contribution in [0.3, 0.4) is 0 Å². The van der Waals surface area contributed by atoms with Gasteiger partial charge in [0.15, 0.2) is 0 Å². The SMILES string of the molecule is C=CCN(C(=O)C1N(CCCO)C(=O)[C@@H]2[C@H](C(=O)OCC)[C@H]3OC12CC3Br)C(C)(C)CC(C)(C)C. The third kappa shape index (κ3) is 4.92. The van der Waals surface area contributed by atoms with Gasteiger partial charge in [0.1, 0.15) is 11.6 Å². The van der Waals surface area contributed by atoms with Crippen molar-refractivity contribution in [1.29, 1.82) is 0 Å². The summed E-state index contributed by atoms with van der Waals surface area (Å²) in [5.74, 6) is -2.51. The van der Waals surface area contributed by atoms with Gasteiger partial charge in [-0.1, -0.05) is 42.8 Å². The van der Waals surface area contributed by atoms with Gasteiger partial charge in [0.05, 0.1) is 24.5 Å². The molecular weight excluding hydrogens is 516 g/mol. The van der Waals surface area contributed by atoms with E-state index in [1.165, 1.54) is 0 Å². The molecule has 35 heavy (non-hydrogen) atoms. The molecule has 3 fully saturated rings. The molecular formula is C26H41BrN2O6. The molecule has 198 valence electrons. The quantitative estimate of drug-likeness (QED) is 0.252. The topological polar surface area (TPSA) is 96.4 Å². The molecule has 3 aliphatic heterocycles. The summed E-state index contributed by atoms with van der Waals surface area (Å²) in [5.41, 5.74) is -1.68. The minimum absolute atomic E-state index is 0.0373. The highest BCUT2D eigenvalue weighted by atomic mass is 79.9. The number of hydrogen-bond acceptors (Lipinski definition) is 6. The number of ether oxygens (including phenoxy) is 2. The number of carbonyl (C=O) groups excluding carboxylic acids is 3. The molecule has 0 aliphatic carbocycles. The highest BCUT2D eigenvalue weighted by Gasteiger charge is 2.77. The van der Waals surface area contributed by atoms with Gasteiger partial charge in [0, 0.05) is 30.1 Å². The van der Waals surface area contributed by atoms with E-state index in [0.717, 1.165) is 6.42 Å². The molecule has 2 amide bonds. The Bertz CT molecular complexity index is 855. The van der Waals surface area contributed by atoms with E-state index in [0.29, 0.717) is 19.4 Å². The molecule has 3 heterocycles. The summed E-state index contributed by atoms with van der Waals surface area (Å²) >= 11 is 3.66. The molecule has 0 saturated carbocycles. The van der Waals surface area contributed by atoms with E-state index >= 15 is 0 Å². The van der Waals surface area contributed by atoms with Crippen molar-refractivity contribution in [3.63, 3.8) is 0 Å². The molecule has 9 heteroatoms. The van der Waals surface area contributed by atoms with Crippen LogP contribution in [-0.4, -0.2) is 87.1 Å². The normalized spacial score (nSPS) is 32.1. The Morgan fingerprint density at radius 3 is 2.54 bits per heavy atom. The van der Waals surface area contributed by atoms with E-state index in [9.17, 15) is 19.5 Å². The number of aliphatic hydroxyl groups is 1. The zero-order valence-electron chi connectivity index (χ0n) is 21.9. The van der Waals surface area contributed by atoms with E-state index in [-0.39, 0.29) is 41.8 Å². The number of hydrogen-bond donors (Lipinski definition) is 1. The number of likely N-dealkylation sites (tertiary alicyclic amines) is 1. The highest BCUT2D eigenvalue weighted by molar-refractivity contribution is 9.09. The summed E-state index contributed by atoms with van der Waals surface area (Å²) in [6, 6.07) is -0.893. The summed E-state index contributed by atoms with van der Waals surface area (Å²) in [5, 5.41) is 9.51. The van der Waals surface area contributed by atoms with Crippen molar-refractivity contribution in [3.8, 4) is 0 Å². The maximum atomic E-state index is 14.4. The highest BCUT2D eigenvalue weighted by Crippen LogP contribution is 2.60. The van der Waals surface area contributed by atoms with Crippen LogP contribution in [0.25, 0.3) is 0 Å². The Kier molecular flexibility index (Phi) is 8.14. The van der Waals surface area contributed by atoms with Crippen LogP contribution in [0.2, 0.25) is 0 Å². The van der Waals surface area contributed by atoms with Crippen LogP contribution in [0.1, 0.15) is 60.8 Å². The standard InChI is InChI=1S/C26H41BrN2O6/c1-8-11-29(25(6,7)15-24(3,4)5)22(32)20-26-14-16(27)19(35-26)17(23(33)34-9-2)18(26)21(31)28(20)12-10-13-30/h8,16-20,30H,1,9-15H2,2-7H3/t16?,17-,18-,19-,20?,26?/m0/s1. The Balaban J connectivity index is 2.08. The number of aliphatic hydroxyl groups excluding tert-OH is 1. The molecule has 3 unspecified atom stereocenters. The number of alkyl halides is 1. The summed E-state index contributed by atoms with van der Waals surface area (Å²) in [7, 11) is 0. The van der Waals surface area contributed by atoms with E-state index in [1.807, 2.05) is 13.8 Å². The lowest BCUT2D eigenvalue weighted by Gasteiger charge is -2.45. The number of nitrogens with zero attached hydrogens (tertiary/aromatic N) is 2. The van der Waals surface area contributed by atoms with Crippen LogP contribution in [-0.2, 0) is 23.9 Å². The number of amides is 2. The van der Waals surface area contributed by atoms with E-state index in [4.69, 9.17) is 9.47 Å². The predicted octanol–water partition coefficient (Wildman–Crippen LogP) is 2.91. The number of rotatable bonds is 10. The third-order valence-corrected chi connectivity index (χ3v) is 8.26. The van der Waals surface area contributed by atoms with Crippen LogP contribution in [0.4, 0.5) is 0 Å². The molecule has 2 bridgehead atoms. The summed E-state index contributed by atoms with van der Waals surface area (Å²) < 4.78 is 11.8.